The van der Waals surface area contributed by atoms with Crippen LogP contribution in [0.25, 0.3) is 0 Å². The van der Waals surface area contributed by atoms with Gasteiger partial charge in [0.25, 0.3) is 0 Å². The first-order chi connectivity index (χ1) is 9.06. The van der Waals surface area contributed by atoms with Crippen LogP contribution in [-0.4, -0.2) is 42.1 Å². The van der Waals surface area contributed by atoms with E-state index in [4.69, 9.17) is 9.84 Å². The third kappa shape index (κ3) is 2.74. The molecule has 1 aliphatic heterocycles. The Balaban J connectivity index is 2.10. The third-order valence-electron chi connectivity index (χ3n) is 4.13. The molecule has 3 atom stereocenters. The number of carboxylic acid groups (broad SMARTS) is 1. The van der Waals surface area contributed by atoms with Gasteiger partial charge in [-0.15, -0.1) is 0 Å². The largest absolute Gasteiger partial charge is 0.498 e. The molecule has 1 amide bonds. The fourth-order valence-corrected chi connectivity index (χ4v) is 3.25. The van der Waals surface area contributed by atoms with Gasteiger partial charge in [-0.2, -0.15) is 0 Å². The lowest BCUT2D eigenvalue weighted by atomic mass is 10.0. The van der Waals surface area contributed by atoms with Gasteiger partial charge in [-0.05, 0) is 44.1 Å². The van der Waals surface area contributed by atoms with Crippen LogP contribution in [0.15, 0.2) is 11.3 Å². The number of rotatable bonds is 4. The summed E-state index contributed by atoms with van der Waals surface area (Å²) in [6.07, 6.45) is 1.81. The molecule has 3 unspecified atom stereocenters. The average Bonchev–Trinajstić information content (AvgIpc) is 2.92. The summed E-state index contributed by atoms with van der Waals surface area (Å²) in [7, 11) is 0. The number of aldehydes is 1. The highest BCUT2D eigenvalue weighted by molar-refractivity contribution is 5.65. The highest BCUT2D eigenvalue weighted by atomic mass is 16.5. The number of carbonyl (C=O) groups excluding carboxylic acids is 1. The second-order valence-electron chi connectivity index (χ2n) is 5.44. The lowest BCUT2D eigenvalue weighted by Gasteiger charge is -2.17. The summed E-state index contributed by atoms with van der Waals surface area (Å²) in [5.41, 5.74) is 1.21. The quantitative estimate of drug-likeness (QED) is 0.626. The number of amides is 1. The third-order valence-corrected chi connectivity index (χ3v) is 4.13. The summed E-state index contributed by atoms with van der Waals surface area (Å²) >= 11 is 0. The predicted molar refractivity (Wildman–Crippen MR) is 69.7 cm³/mol. The molecular weight excluding hydrogens is 246 g/mol. The first kappa shape index (κ1) is 13.9. The van der Waals surface area contributed by atoms with Gasteiger partial charge in [0, 0.05) is 13.1 Å². The molecule has 2 aliphatic rings. The van der Waals surface area contributed by atoms with Crippen LogP contribution in [0.3, 0.4) is 0 Å². The second kappa shape index (κ2) is 5.63. The minimum atomic E-state index is -0.828. The molecule has 0 aromatic heterocycles. The molecule has 106 valence electrons. The Morgan fingerprint density at radius 1 is 1.47 bits per heavy atom. The fraction of sp³-hybridized carbons (Fsp3) is 0.714. The number of likely N-dealkylation sites (tertiary alicyclic amines) is 1. The van der Waals surface area contributed by atoms with Crippen LogP contribution in [0.5, 0.6) is 0 Å². The molecular formula is C14H21NO4. The van der Waals surface area contributed by atoms with E-state index in [9.17, 15) is 9.59 Å². The zero-order valence-corrected chi connectivity index (χ0v) is 11.5. The van der Waals surface area contributed by atoms with Crippen LogP contribution in [-0.2, 0) is 9.53 Å². The minimum Gasteiger partial charge on any atom is -0.498 e. The summed E-state index contributed by atoms with van der Waals surface area (Å²) in [5, 5.41) is 9.00. The zero-order valence-electron chi connectivity index (χ0n) is 11.5. The molecule has 0 aromatic rings. The van der Waals surface area contributed by atoms with Crippen molar-refractivity contribution in [1.29, 1.82) is 0 Å². The van der Waals surface area contributed by atoms with Gasteiger partial charge in [-0.3, -0.25) is 0 Å². The van der Waals surface area contributed by atoms with Gasteiger partial charge in [-0.25, -0.2) is 4.79 Å². The first-order valence-electron chi connectivity index (χ1n) is 6.84. The number of hydrogen-bond acceptors (Lipinski definition) is 3. The Morgan fingerprint density at radius 2 is 2.05 bits per heavy atom. The standard InChI is InChI=1S/C14H21NO4/c1-3-19-13(9(2)8-16)10-4-11-6-15(14(17)18)7-12(11)5-10/h8-9,11-12H,3-7H2,1-2H3,(H,17,18). The molecule has 1 aliphatic carbocycles. The van der Waals surface area contributed by atoms with Crippen molar-refractivity contribution in [3.63, 3.8) is 0 Å². The molecule has 2 fully saturated rings. The van der Waals surface area contributed by atoms with Gasteiger partial charge in [0.15, 0.2) is 0 Å². The van der Waals surface area contributed by atoms with Crippen molar-refractivity contribution in [2.75, 3.05) is 19.7 Å². The molecule has 0 radical (unpaired) electrons. The number of hydrogen-bond donors (Lipinski definition) is 1. The number of carbonyl (C=O) groups is 2. The van der Waals surface area contributed by atoms with Gasteiger partial charge in [0.2, 0.25) is 0 Å². The Bertz CT molecular complexity index is 388. The normalized spacial score (nSPS) is 27.1. The van der Waals surface area contributed by atoms with Crippen molar-refractivity contribution in [2.24, 2.45) is 17.8 Å². The first-order valence-corrected chi connectivity index (χ1v) is 6.84. The minimum absolute atomic E-state index is 0.204. The Labute approximate surface area is 113 Å². The van der Waals surface area contributed by atoms with E-state index in [1.54, 1.807) is 0 Å². The highest BCUT2D eigenvalue weighted by Gasteiger charge is 2.41. The molecule has 1 heterocycles. The van der Waals surface area contributed by atoms with Crippen LogP contribution in [0.4, 0.5) is 4.79 Å². The summed E-state index contributed by atoms with van der Waals surface area (Å²) in [5.74, 6) is 1.39. The number of nitrogens with zero attached hydrogens (tertiary/aromatic N) is 1. The summed E-state index contributed by atoms with van der Waals surface area (Å²) in [6, 6.07) is 0. The van der Waals surface area contributed by atoms with Gasteiger partial charge in [0.05, 0.1) is 12.5 Å². The van der Waals surface area contributed by atoms with Crippen LogP contribution in [0.1, 0.15) is 26.7 Å². The van der Waals surface area contributed by atoms with Crippen LogP contribution < -0.4 is 0 Å². The molecule has 1 saturated heterocycles. The maximum Gasteiger partial charge on any atom is 0.407 e. The summed E-state index contributed by atoms with van der Waals surface area (Å²) < 4.78 is 5.64. The molecule has 5 nitrogen and oxygen atoms in total. The summed E-state index contributed by atoms with van der Waals surface area (Å²) in [4.78, 5) is 23.4. The van der Waals surface area contributed by atoms with E-state index in [0.717, 1.165) is 24.9 Å². The fourth-order valence-electron chi connectivity index (χ4n) is 3.25. The molecule has 0 spiro atoms. The van der Waals surface area contributed by atoms with Crippen molar-refractivity contribution >= 4 is 12.4 Å². The number of fused-ring (bicyclic) bond motifs is 1. The van der Waals surface area contributed by atoms with Gasteiger partial charge in [0.1, 0.15) is 12.0 Å². The van der Waals surface area contributed by atoms with Crippen molar-refractivity contribution in [1.82, 2.24) is 4.90 Å². The lowest BCUT2D eigenvalue weighted by Crippen LogP contribution is -2.27. The number of ether oxygens (including phenoxy) is 1. The van der Waals surface area contributed by atoms with Crippen LogP contribution >= 0.6 is 0 Å². The van der Waals surface area contributed by atoms with Crippen molar-refractivity contribution in [3.05, 3.63) is 11.3 Å². The smallest absolute Gasteiger partial charge is 0.407 e. The molecule has 1 N–H and O–H groups in total. The van der Waals surface area contributed by atoms with Gasteiger partial charge in [-0.1, -0.05) is 0 Å². The Kier molecular flexibility index (Phi) is 4.12. The van der Waals surface area contributed by atoms with Crippen LogP contribution in [0, 0.1) is 17.8 Å². The maximum absolute atomic E-state index is 11.0. The van der Waals surface area contributed by atoms with Gasteiger partial charge < -0.3 is 19.5 Å². The van der Waals surface area contributed by atoms with E-state index in [1.807, 2.05) is 13.8 Å². The molecule has 19 heavy (non-hydrogen) atoms. The van der Waals surface area contributed by atoms with E-state index < -0.39 is 6.09 Å². The van der Waals surface area contributed by atoms with E-state index in [1.165, 1.54) is 10.5 Å². The van der Waals surface area contributed by atoms with Crippen LogP contribution in [0.2, 0.25) is 0 Å². The average molecular weight is 267 g/mol. The second-order valence-corrected chi connectivity index (χ2v) is 5.44. The van der Waals surface area contributed by atoms with Crippen molar-refractivity contribution < 1.29 is 19.4 Å². The van der Waals surface area contributed by atoms with Crippen molar-refractivity contribution in [3.8, 4) is 0 Å². The van der Waals surface area contributed by atoms with Gasteiger partial charge >= 0.3 is 6.09 Å². The zero-order chi connectivity index (χ0) is 14.0. The molecule has 2 rings (SSSR count). The Hall–Kier alpha value is -1.52. The lowest BCUT2D eigenvalue weighted by molar-refractivity contribution is -0.110. The van der Waals surface area contributed by atoms with E-state index in [-0.39, 0.29) is 5.92 Å². The summed E-state index contributed by atoms with van der Waals surface area (Å²) in [6.45, 7) is 5.55. The monoisotopic (exact) mass is 267 g/mol. The molecule has 1 saturated carbocycles. The van der Waals surface area contributed by atoms with Crippen molar-refractivity contribution in [2.45, 2.75) is 26.7 Å². The van der Waals surface area contributed by atoms with E-state index >= 15 is 0 Å². The highest BCUT2D eigenvalue weighted by Crippen LogP contribution is 2.43. The molecule has 5 heteroatoms. The van der Waals surface area contributed by atoms with E-state index in [2.05, 4.69) is 0 Å². The maximum atomic E-state index is 11.0. The molecule has 0 bridgehead atoms. The van der Waals surface area contributed by atoms with E-state index in [0.29, 0.717) is 31.5 Å². The Morgan fingerprint density at radius 3 is 2.47 bits per heavy atom. The SMILES string of the molecule is CCOC(=C1CC2CN(C(=O)O)CC2C1)C(C)C=O. The molecule has 0 aromatic carbocycles. The predicted octanol–water partition coefficient (Wildman–Crippen LogP) is 2.13. The topological polar surface area (TPSA) is 66.8 Å². The number of allylic oxidation sites excluding steroid dienone is 2.